The minimum absolute atomic E-state index is 0.0812. The largest absolute Gasteiger partial charge is 0.480 e. The van der Waals surface area contributed by atoms with E-state index in [0.29, 0.717) is 0 Å². The molecule has 0 heterocycles. The number of carboxylic acid groups (broad SMARTS) is 1. The number of hydrogen-bond donors (Lipinski definition) is 3. The van der Waals surface area contributed by atoms with Crippen molar-refractivity contribution in [3.8, 4) is 0 Å². The maximum absolute atomic E-state index is 10.9. The van der Waals surface area contributed by atoms with Crippen LogP contribution in [-0.4, -0.2) is 35.9 Å². The van der Waals surface area contributed by atoms with Gasteiger partial charge in [-0.25, -0.2) is 0 Å². The molecule has 0 saturated carbocycles. The van der Waals surface area contributed by atoms with Gasteiger partial charge in [0.2, 0.25) is 5.91 Å². The number of hydrogen-bond acceptors (Lipinski definition) is 4. The lowest BCUT2D eigenvalue weighted by Crippen LogP contribution is -2.41. The van der Waals surface area contributed by atoms with E-state index in [0.717, 1.165) is 18.4 Å². The van der Waals surface area contributed by atoms with E-state index in [9.17, 15) is 14.4 Å². The van der Waals surface area contributed by atoms with E-state index in [1.54, 1.807) is 13.0 Å². The molecule has 0 aromatic rings. The maximum atomic E-state index is 10.9. The summed E-state index contributed by atoms with van der Waals surface area (Å²) in [7, 11) is 1.54. The Morgan fingerprint density at radius 2 is 2.05 bits per heavy atom. The first-order valence-electron chi connectivity index (χ1n) is 6.85. The highest BCUT2D eigenvalue weighted by molar-refractivity contribution is 6.03. The fourth-order valence-electron chi connectivity index (χ4n) is 1.91. The van der Waals surface area contributed by atoms with Crippen molar-refractivity contribution >= 4 is 17.7 Å². The third kappa shape index (κ3) is 8.04. The van der Waals surface area contributed by atoms with Gasteiger partial charge in [0, 0.05) is 6.42 Å². The Kier molecular flexibility index (Phi) is 8.96. The van der Waals surface area contributed by atoms with Crippen molar-refractivity contribution in [3.05, 3.63) is 23.8 Å². The van der Waals surface area contributed by atoms with Gasteiger partial charge in [0.1, 0.15) is 6.04 Å². The van der Waals surface area contributed by atoms with Crippen molar-refractivity contribution in [2.45, 2.75) is 39.2 Å². The van der Waals surface area contributed by atoms with Gasteiger partial charge >= 0.3 is 5.97 Å². The number of ketones is 1. The van der Waals surface area contributed by atoms with Crippen molar-refractivity contribution in [1.82, 2.24) is 5.32 Å². The average molecular weight is 296 g/mol. The van der Waals surface area contributed by atoms with Gasteiger partial charge in [-0.3, -0.25) is 14.4 Å². The number of allylic oxidation sites excluding steroid dienone is 4. The Balaban J connectivity index is 0.000000394. The normalized spacial score (nSPS) is 16.9. The summed E-state index contributed by atoms with van der Waals surface area (Å²) in [6.07, 6.45) is 7.66. The molecule has 0 fully saturated rings. The first-order chi connectivity index (χ1) is 9.79. The number of primary amides is 1. The van der Waals surface area contributed by atoms with Crippen LogP contribution in [0.3, 0.4) is 0 Å². The maximum Gasteiger partial charge on any atom is 0.320 e. The number of nitrogens with one attached hydrogen (secondary N) is 1. The molecule has 1 rings (SSSR count). The lowest BCUT2D eigenvalue weighted by Gasteiger charge is -2.17. The molecule has 2 atom stereocenters. The molecule has 1 amide bonds. The highest BCUT2D eigenvalue weighted by Gasteiger charge is 2.23. The number of rotatable bonds is 5. The molecule has 6 heteroatoms. The smallest absolute Gasteiger partial charge is 0.320 e. The van der Waals surface area contributed by atoms with E-state index in [1.165, 1.54) is 7.05 Å². The topological polar surface area (TPSA) is 109 Å². The molecule has 0 aromatic heterocycles. The Bertz CT molecular complexity index is 441. The zero-order chi connectivity index (χ0) is 16.4. The Morgan fingerprint density at radius 1 is 1.43 bits per heavy atom. The molecule has 6 nitrogen and oxygen atoms in total. The second kappa shape index (κ2) is 9.88. The summed E-state index contributed by atoms with van der Waals surface area (Å²) in [5, 5.41) is 11.2. The summed E-state index contributed by atoms with van der Waals surface area (Å²) in [5.74, 6) is -1.58. The van der Waals surface area contributed by atoms with Crippen molar-refractivity contribution in [2.75, 3.05) is 7.05 Å². The molecule has 2 unspecified atom stereocenters. The number of likely N-dealkylation sites (N-methyl/N-ethyl adjacent to an activating group) is 1. The number of aliphatic carboxylic acids is 1. The van der Waals surface area contributed by atoms with Crippen molar-refractivity contribution in [3.63, 3.8) is 0 Å². The standard InChI is InChI=1S/C8H10O.C7H14N2O3/c1-7-5-3-2-4-6-8(7)9;1-4(3-5(8)10)6(9-2)7(11)12/h4-6H,2-3H2,1H3;4,6,9H,3H2,1-2H3,(H2,8,10)(H,11,12). The number of carbonyl (C=O) groups excluding carboxylic acids is 2. The van der Waals surface area contributed by atoms with Crippen LogP contribution >= 0.6 is 0 Å². The first-order valence-corrected chi connectivity index (χ1v) is 6.85. The van der Waals surface area contributed by atoms with Crippen LogP contribution in [0.2, 0.25) is 0 Å². The SMILES string of the molecule is CC1=CCCC=CC1=O.CNC(C(=O)O)C(C)CC(N)=O. The predicted octanol–water partition coefficient (Wildman–Crippen LogP) is 1.02. The third-order valence-corrected chi connectivity index (χ3v) is 3.11. The fraction of sp³-hybridized carbons (Fsp3) is 0.533. The molecule has 0 aliphatic heterocycles. The Labute approximate surface area is 125 Å². The first kappa shape index (κ1) is 19.1. The minimum Gasteiger partial charge on any atom is -0.480 e. The molecular weight excluding hydrogens is 272 g/mol. The molecule has 0 radical (unpaired) electrons. The van der Waals surface area contributed by atoms with Crippen molar-refractivity contribution in [1.29, 1.82) is 0 Å². The van der Waals surface area contributed by atoms with Crippen LogP contribution in [0.5, 0.6) is 0 Å². The molecule has 21 heavy (non-hydrogen) atoms. The molecule has 0 bridgehead atoms. The number of nitrogens with two attached hydrogens (primary N) is 1. The summed E-state index contributed by atoms with van der Waals surface area (Å²) >= 11 is 0. The summed E-state index contributed by atoms with van der Waals surface area (Å²) in [4.78, 5) is 31.9. The van der Waals surface area contributed by atoms with Crippen LogP contribution in [-0.2, 0) is 14.4 Å². The zero-order valence-electron chi connectivity index (χ0n) is 12.8. The minimum atomic E-state index is -0.966. The van der Waals surface area contributed by atoms with Gasteiger partial charge in [0.05, 0.1) is 0 Å². The molecule has 0 aromatic carbocycles. The Morgan fingerprint density at radius 3 is 2.52 bits per heavy atom. The summed E-state index contributed by atoms with van der Waals surface area (Å²) in [6, 6.07) is -0.711. The summed E-state index contributed by atoms with van der Waals surface area (Å²) in [6.45, 7) is 3.53. The lowest BCUT2D eigenvalue weighted by molar-refractivity contribution is -0.140. The van der Waals surface area contributed by atoms with Crippen LogP contribution in [0, 0.1) is 5.92 Å². The molecule has 0 spiro atoms. The van der Waals surface area contributed by atoms with Crippen LogP contribution in [0.4, 0.5) is 0 Å². The summed E-state index contributed by atoms with van der Waals surface area (Å²) in [5.41, 5.74) is 5.80. The second-order valence-electron chi connectivity index (χ2n) is 4.98. The van der Waals surface area contributed by atoms with Gasteiger partial charge in [-0.2, -0.15) is 0 Å². The highest BCUT2D eigenvalue weighted by Crippen LogP contribution is 2.07. The molecule has 0 saturated heterocycles. The molecule has 118 valence electrons. The summed E-state index contributed by atoms with van der Waals surface area (Å²) < 4.78 is 0. The van der Waals surface area contributed by atoms with Gasteiger partial charge in [-0.1, -0.05) is 19.1 Å². The average Bonchev–Trinajstić information content (AvgIpc) is 2.55. The monoisotopic (exact) mass is 296 g/mol. The quantitative estimate of drug-likeness (QED) is 0.701. The molecular formula is C15H24N2O4. The van der Waals surface area contributed by atoms with E-state index in [-0.39, 0.29) is 18.1 Å². The van der Waals surface area contributed by atoms with Crippen molar-refractivity contribution < 1.29 is 19.5 Å². The fourth-order valence-corrected chi connectivity index (χ4v) is 1.91. The zero-order valence-corrected chi connectivity index (χ0v) is 12.8. The molecule has 1 aliphatic carbocycles. The van der Waals surface area contributed by atoms with Gasteiger partial charge < -0.3 is 16.2 Å². The number of carbonyl (C=O) groups is 3. The van der Waals surface area contributed by atoms with Gasteiger partial charge in [0.15, 0.2) is 5.78 Å². The highest BCUT2D eigenvalue weighted by atomic mass is 16.4. The third-order valence-electron chi connectivity index (χ3n) is 3.11. The van der Waals surface area contributed by atoms with Gasteiger partial charge in [-0.15, -0.1) is 0 Å². The van der Waals surface area contributed by atoms with E-state index in [2.05, 4.69) is 5.32 Å². The second-order valence-corrected chi connectivity index (χ2v) is 4.98. The van der Waals surface area contributed by atoms with Crippen LogP contribution in [0.1, 0.15) is 33.1 Å². The van der Waals surface area contributed by atoms with Crippen LogP contribution in [0.15, 0.2) is 23.8 Å². The lowest BCUT2D eigenvalue weighted by atomic mass is 9.98. The number of amides is 1. The van der Waals surface area contributed by atoms with Crippen LogP contribution < -0.4 is 11.1 Å². The van der Waals surface area contributed by atoms with E-state index in [1.807, 2.05) is 19.1 Å². The van der Waals surface area contributed by atoms with E-state index < -0.39 is 17.9 Å². The molecule has 4 N–H and O–H groups in total. The Hall–Kier alpha value is -1.95. The molecule has 1 aliphatic rings. The van der Waals surface area contributed by atoms with Gasteiger partial charge in [-0.05, 0) is 44.4 Å². The van der Waals surface area contributed by atoms with Crippen LogP contribution in [0.25, 0.3) is 0 Å². The van der Waals surface area contributed by atoms with E-state index in [4.69, 9.17) is 10.8 Å². The van der Waals surface area contributed by atoms with Gasteiger partial charge in [0.25, 0.3) is 0 Å². The van der Waals surface area contributed by atoms with E-state index >= 15 is 0 Å². The predicted molar refractivity (Wildman–Crippen MR) is 80.6 cm³/mol. The number of carboxylic acids is 1. The van der Waals surface area contributed by atoms with Crippen molar-refractivity contribution in [2.24, 2.45) is 11.7 Å².